The predicted octanol–water partition coefficient (Wildman–Crippen LogP) is 4.66. The maximum atomic E-state index is 14.5. The fraction of sp³-hybridized carbons (Fsp3) is 0.441. The number of ether oxygens (including phenoxy) is 1. The van der Waals surface area contributed by atoms with Gasteiger partial charge in [0.1, 0.15) is 17.7 Å². The van der Waals surface area contributed by atoms with Crippen molar-refractivity contribution in [2.24, 2.45) is 15.7 Å². The van der Waals surface area contributed by atoms with Gasteiger partial charge in [0.25, 0.3) is 0 Å². The highest BCUT2D eigenvalue weighted by molar-refractivity contribution is 5.93. The Kier molecular flexibility index (Phi) is 10.6. The average Bonchev–Trinajstić information content (AvgIpc) is 3.48. The normalized spacial score (nSPS) is 19.8. The molecular formula is C34H44N6O4. The molecule has 3 amide bonds. The first-order valence-electron chi connectivity index (χ1n) is 15.2. The van der Waals surface area contributed by atoms with Gasteiger partial charge in [0.15, 0.2) is 0 Å². The number of amides is 3. The van der Waals surface area contributed by atoms with Crippen molar-refractivity contribution < 1.29 is 19.1 Å². The van der Waals surface area contributed by atoms with Crippen molar-refractivity contribution >= 4 is 30.6 Å². The number of benzene rings is 2. The summed E-state index contributed by atoms with van der Waals surface area (Å²) in [6, 6.07) is 17.5. The first-order valence-corrected chi connectivity index (χ1v) is 15.2. The Bertz CT molecular complexity index is 1360. The minimum atomic E-state index is -1.01. The second-order valence-electron chi connectivity index (χ2n) is 12.4. The molecule has 1 heterocycles. The van der Waals surface area contributed by atoms with Crippen LogP contribution in [0.5, 0.6) is 0 Å². The lowest BCUT2D eigenvalue weighted by atomic mass is 9.84. The molecule has 0 radical (unpaired) electrons. The standard InChI is InChI=1S/C34H44N6O4/c1-22-21-25(18-19-26(22)38-32(35)36-5)37-30(41)27-17-12-20-40(27)31(42)29(39-33(43)44-34(2,3)4)28(23-13-8-6-9-14-23)24-15-10-7-11-16-24/h6-11,13-16,25,27-29H,5,12,17-21H2,1-4H3,(H2,35,38)(H,37,41)(H,39,43)/t25?,27-,29+/m0/s1. The van der Waals surface area contributed by atoms with Gasteiger partial charge >= 0.3 is 6.09 Å². The lowest BCUT2D eigenvalue weighted by Crippen LogP contribution is -2.56. The Balaban J connectivity index is 1.60. The molecule has 2 aliphatic rings. The number of aliphatic imine (C=N–C) groups is 2. The van der Waals surface area contributed by atoms with E-state index in [0.29, 0.717) is 38.6 Å². The van der Waals surface area contributed by atoms with Crippen LogP contribution in [-0.4, -0.2) is 65.8 Å². The van der Waals surface area contributed by atoms with E-state index in [1.807, 2.05) is 67.6 Å². The number of carbonyl (C=O) groups is 3. The molecule has 4 rings (SSSR count). The summed E-state index contributed by atoms with van der Waals surface area (Å²) in [5.41, 5.74) is 8.60. The number of carbonyl (C=O) groups excluding carboxylic acids is 3. The van der Waals surface area contributed by atoms with Crippen molar-refractivity contribution in [3.05, 3.63) is 83.1 Å². The summed E-state index contributed by atoms with van der Waals surface area (Å²) in [5, 5.41) is 6.07. The molecule has 2 aromatic rings. The van der Waals surface area contributed by atoms with E-state index in [-0.39, 0.29) is 23.8 Å². The van der Waals surface area contributed by atoms with Crippen molar-refractivity contribution in [3.8, 4) is 0 Å². The summed E-state index contributed by atoms with van der Waals surface area (Å²) in [4.78, 5) is 50.9. The average molecular weight is 601 g/mol. The molecule has 1 unspecified atom stereocenters. The van der Waals surface area contributed by atoms with Crippen molar-refractivity contribution in [1.29, 1.82) is 0 Å². The third kappa shape index (κ3) is 8.33. The molecule has 1 saturated heterocycles. The Morgan fingerprint density at radius 2 is 1.64 bits per heavy atom. The van der Waals surface area contributed by atoms with E-state index in [2.05, 4.69) is 27.3 Å². The van der Waals surface area contributed by atoms with Gasteiger partial charge in [-0.1, -0.05) is 60.7 Å². The van der Waals surface area contributed by atoms with Crippen LogP contribution in [0.3, 0.4) is 0 Å². The lowest BCUT2D eigenvalue weighted by Gasteiger charge is -2.34. The second kappa shape index (κ2) is 14.3. The van der Waals surface area contributed by atoms with Gasteiger partial charge in [-0.3, -0.25) is 9.59 Å². The summed E-state index contributed by atoms with van der Waals surface area (Å²) in [6.07, 6.45) is 2.50. The molecule has 10 nitrogen and oxygen atoms in total. The molecule has 1 aliphatic heterocycles. The first kappa shape index (κ1) is 32.4. The van der Waals surface area contributed by atoms with Crippen molar-refractivity contribution in [2.45, 2.75) is 89.4 Å². The number of nitrogens with two attached hydrogens (primary N) is 1. The number of nitrogens with one attached hydrogen (secondary N) is 2. The molecule has 2 aromatic carbocycles. The molecule has 4 N–H and O–H groups in total. The monoisotopic (exact) mass is 600 g/mol. The number of likely N-dealkylation sites (tertiary alicyclic amines) is 1. The third-order valence-electron chi connectivity index (χ3n) is 7.96. The summed E-state index contributed by atoms with van der Waals surface area (Å²) >= 11 is 0. The fourth-order valence-corrected chi connectivity index (χ4v) is 5.96. The van der Waals surface area contributed by atoms with Crippen molar-refractivity contribution in [3.63, 3.8) is 0 Å². The number of hydrogen-bond acceptors (Lipinski definition) is 5. The van der Waals surface area contributed by atoms with Crippen molar-refractivity contribution in [1.82, 2.24) is 15.5 Å². The topological polar surface area (TPSA) is 138 Å². The van der Waals surface area contributed by atoms with Crippen LogP contribution in [0.1, 0.15) is 76.8 Å². The maximum Gasteiger partial charge on any atom is 0.408 e. The summed E-state index contributed by atoms with van der Waals surface area (Å²) in [5.74, 6) is -0.903. The van der Waals surface area contributed by atoms with E-state index in [1.165, 1.54) is 0 Å². The molecule has 0 aromatic heterocycles. The Hall–Kier alpha value is -4.47. The van der Waals surface area contributed by atoms with E-state index in [1.54, 1.807) is 25.7 Å². The van der Waals surface area contributed by atoms with Crippen LogP contribution in [0.2, 0.25) is 0 Å². The Morgan fingerprint density at radius 1 is 1.02 bits per heavy atom. The van der Waals surface area contributed by atoms with Crippen LogP contribution >= 0.6 is 0 Å². The summed E-state index contributed by atoms with van der Waals surface area (Å²) in [7, 11) is 0. The van der Waals surface area contributed by atoms with Gasteiger partial charge < -0.3 is 26.0 Å². The minimum absolute atomic E-state index is 0.0889. The van der Waals surface area contributed by atoms with Gasteiger partial charge in [0.05, 0.1) is 0 Å². The molecule has 0 saturated carbocycles. The molecule has 1 fully saturated rings. The van der Waals surface area contributed by atoms with Gasteiger partial charge in [0, 0.05) is 24.2 Å². The Labute approximate surface area is 259 Å². The number of rotatable bonds is 8. The highest BCUT2D eigenvalue weighted by Gasteiger charge is 2.42. The quantitative estimate of drug-likeness (QED) is 0.299. The van der Waals surface area contributed by atoms with E-state index in [0.717, 1.165) is 22.4 Å². The van der Waals surface area contributed by atoms with Gasteiger partial charge in [-0.05, 0) is 83.2 Å². The van der Waals surface area contributed by atoms with Crippen LogP contribution in [-0.2, 0) is 14.3 Å². The molecule has 234 valence electrons. The van der Waals surface area contributed by atoms with Crippen LogP contribution in [0.25, 0.3) is 0 Å². The number of allylic oxidation sites excluding steroid dienone is 1. The van der Waals surface area contributed by atoms with E-state index in [4.69, 9.17) is 10.5 Å². The molecule has 44 heavy (non-hydrogen) atoms. The number of hydrogen-bond donors (Lipinski definition) is 3. The smallest absolute Gasteiger partial charge is 0.408 e. The zero-order valence-electron chi connectivity index (χ0n) is 26.1. The fourth-order valence-electron chi connectivity index (χ4n) is 5.96. The van der Waals surface area contributed by atoms with Crippen molar-refractivity contribution in [2.75, 3.05) is 6.54 Å². The highest BCUT2D eigenvalue weighted by atomic mass is 16.6. The molecule has 0 bridgehead atoms. The molecule has 10 heteroatoms. The highest BCUT2D eigenvalue weighted by Crippen LogP contribution is 2.32. The van der Waals surface area contributed by atoms with E-state index >= 15 is 0 Å². The van der Waals surface area contributed by atoms with Crippen LogP contribution in [0.4, 0.5) is 4.79 Å². The SMILES string of the molecule is C=NC(N)=NC1=C(C)CC(NC(=O)[C@@H]2CCCN2C(=O)[C@H](NC(=O)OC(C)(C)C)C(c2ccccc2)c2ccccc2)CC1. The van der Waals surface area contributed by atoms with Crippen LogP contribution in [0.15, 0.2) is 81.9 Å². The minimum Gasteiger partial charge on any atom is -0.444 e. The zero-order chi connectivity index (χ0) is 31.9. The van der Waals surface area contributed by atoms with Gasteiger partial charge in [-0.25, -0.2) is 14.8 Å². The Morgan fingerprint density at radius 3 is 2.18 bits per heavy atom. The van der Waals surface area contributed by atoms with E-state index < -0.39 is 29.7 Å². The van der Waals surface area contributed by atoms with Gasteiger partial charge in [-0.15, -0.1) is 0 Å². The molecule has 3 atom stereocenters. The molecule has 0 spiro atoms. The molecule has 1 aliphatic carbocycles. The van der Waals surface area contributed by atoms with Crippen LogP contribution < -0.4 is 16.4 Å². The largest absolute Gasteiger partial charge is 0.444 e. The second-order valence-corrected chi connectivity index (χ2v) is 12.4. The first-order chi connectivity index (χ1) is 21.0. The van der Waals surface area contributed by atoms with Gasteiger partial charge in [0.2, 0.25) is 17.8 Å². The third-order valence-corrected chi connectivity index (χ3v) is 7.96. The van der Waals surface area contributed by atoms with Gasteiger partial charge in [-0.2, -0.15) is 0 Å². The van der Waals surface area contributed by atoms with E-state index in [9.17, 15) is 14.4 Å². The summed E-state index contributed by atoms with van der Waals surface area (Å²) in [6.45, 7) is 11.1. The number of nitrogens with zero attached hydrogens (tertiary/aromatic N) is 3. The van der Waals surface area contributed by atoms with Crippen LogP contribution in [0, 0.1) is 0 Å². The predicted molar refractivity (Wildman–Crippen MR) is 172 cm³/mol. The summed E-state index contributed by atoms with van der Waals surface area (Å²) < 4.78 is 5.60. The number of guanidine groups is 1. The number of alkyl carbamates (subject to hydrolysis) is 1. The zero-order valence-corrected chi connectivity index (χ0v) is 26.1. The lowest BCUT2D eigenvalue weighted by molar-refractivity contribution is -0.140. The molecular weight excluding hydrogens is 556 g/mol. The maximum absolute atomic E-state index is 14.5.